The van der Waals surface area contributed by atoms with Gasteiger partial charge in [-0.25, -0.2) is 0 Å². The highest BCUT2D eigenvalue weighted by atomic mass is 28.4. The highest BCUT2D eigenvalue weighted by Gasteiger charge is 2.49. The molecule has 2 rings (SSSR count). The molecule has 0 radical (unpaired) electrons. The first-order chi connectivity index (χ1) is 10.6. The summed E-state index contributed by atoms with van der Waals surface area (Å²) < 4.78 is 6.42. The summed E-state index contributed by atoms with van der Waals surface area (Å²) in [5.41, 5.74) is 0.836. The molecule has 0 unspecified atom stereocenters. The number of benzene rings is 1. The van der Waals surface area contributed by atoms with E-state index in [0.29, 0.717) is 6.42 Å². The predicted octanol–water partition coefficient (Wildman–Crippen LogP) is 4.44. The van der Waals surface area contributed by atoms with Crippen LogP contribution in [0.5, 0.6) is 0 Å². The van der Waals surface area contributed by atoms with Gasteiger partial charge < -0.3 is 9.63 Å². The van der Waals surface area contributed by atoms with Gasteiger partial charge in [0.2, 0.25) is 8.32 Å². The Balaban J connectivity index is 2.22. The van der Waals surface area contributed by atoms with Crippen LogP contribution in [0.4, 0.5) is 0 Å². The largest absolute Gasteiger partial charge is 0.396 e. The summed E-state index contributed by atoms with van der Waals surface area (Å²) in [5.74, 6) is 0. The molecule has 130 valence electrons. The third kappa shape index (κ3) is 4.03. The Morgan fingerprint density at radius 3 is 2.43 bits per heavy atom. The summed E-state index contributed by atoms with van der Waals surface area (Å²) in [6, 6.07) is 10.2. The topological polar surface area (TPSA) is 41.9 Å². The van der Waals surface area contributed by atoms with Crippen LogP contribution in [0, 0.1) is 0 Å². The Morgan fingerprint density at radius 2 is 1.91 bits per heavy atom. The molecule has 2 atom stereocenters. The van der Waals surface area contributed by atoms with Crippen molar-refractivity contribution in [1.82, 2.24) is 5.23 Å². The van der Waals surface area contributed by atoms with Crippen LogP contribution in [-0.4, -0.2) is 30.8 Å². The first-order valence-corrected chi connectivity index (χ1v) is 11.3. The minimum atomic E-state index is -2.00. The molecule has 1 aromatic carbocycles. The Kier molecular flexibility index (Phi) is 5.38. The minimum Gasteiger partial charge on any atom is -0.396 e. The van der Waals surface area contributed by atoms with E-state index in [-0.39, 0.29) is 23.3 Å². The molecule has 1 saturated heterocycles. The van der Waals surface area contributed by atoms with Gasteiger partial charge in [0.25, 0.3) is 0 Å². The van der Waals surface area contributed by atoms with Gasteiger partial charge in [-0.2, -0.15) is 0 Å². The second-order valence-corrected chi connectivity index (χ2v) is 13.0. The summed E-state index contributed by atoms with van der Waals surface area (Å²) in [7, 11) is -2.00. The number of nitrogens with zero attached hydrogens (tertiary/aromatic N) is 1. The second-order valence-electron chi connectivity index (χ2n) is 8.29. The van der Waals surface area contributed by atoms with Crippen molar-refractivity contribution in [2.24, 2.45) is 0 Å². The van der Waals surface area contributed by atoms with E-state index in [4.69, 9.17) is 9.36 Å². The maximum absolute atomic E-state index is 9.50. The molecular formula is C18H31NO3Si. The molecule has 1 N–H and O–H groups in total. The molecule has 1 heterocycles. The van der Waals surface area contributed by atoms with Crippen molar-refractivity contribution in [1.29, 1.82) is 0 Å². The minimum absolute atomic E-state index is 0.0301. The fraction of sp³-hybridized carbons (Fsp3) is 0.667. The number of hydrogen-bond donors (Lipinski definition) is 1. The van der Waals surface area contributed by atoms with Crippen LogP contribution in [0.3, 0.4) is 0 Å². The third-order valence-corrected chi connectivity index (χ3v) is 9.46. The third-order valence-electron chi connectivity index (χ3n) is 5.23. The molecule has 0 saturated carbocycles. The average Bonchev–Trinajstić information content (AvgIpc) is 2.76. The van der Waals surface area contributed by atoms with Crippen molar-refractivity contribution in [2.45, 2.75) is 70.3 Å². The Hall–Kier alpha value is -0.723. The van der Waals surface area contributed by atoms with Crippen molar-refractivity contribution in [2.75, 3.05) is 6.61 Å². The van der Waals surface area contributed by atoms with Crippen LogP contribution < -0.4 is 0 Å². The van der Waals surface area contributed by atoms with Crippen molar-refractivity contribution >= 4 is 8.32 Å². The van der Waals surface area contributed by atoms with E-state index < -0.39 is 8.32 Å². The zero-order valence-electron chi connectivity index (χ0n) is 15.3. The lowest BCUT2D eigenvalue weighted by Crippen LogP contribution is -2.51. The fourth-order valence-electron chi connectivity index (χ4n) is 2.51. The van der Waals surface area contributed by atoms with Gasteiger partial charge in [0.15, 0.2) is 0 Å². The zero-order chi connectivity index (χ0) is 17.3. The van der Waals surface area contributed by atoms with Gasteiger partial charge in [0.05, 0.1) is 5.54 Å². The van der Waals surface area contributed by atoms with Gasteiger partial charge in [-0.3, -0.25) is 4.84 Å². The number of aliphatic hydroxyl groups is 1. The van der Waals surface area contributed by atoms with E-state index in [1.807, 2.05) is 18.2 Å². The summed E-state index contributed by atoms with van der Waals surface area (Å²) >= 11 is 0. The summed E-state index contributed by atoms with van der Waals surface area (Å²) in [5, 5.41) is 11.3. The Labute approximate surface area is 141 Å². The van der Waals surface area contributed by atoms with Gasteiger partial charge in [-0.1, -0.05) is 56.3 Å². The van der Waals surface area contributed by atoms with Crippen LogP contribution >= 0.6 is 0 Å². The van der Waals surface area contributed by atoms with Crippen LogP contribution in [-0.2, 0) is 9.36 Å². The fourth-order valence-corrected chi connectivity index (χ4v) is 3.46. The lowest BCUT2D eigenvalue weighted by Gasteiger charge is -2.42. The molecule has 23 heavy (non-hydrogen) atoms. The van der Waals surface area contributed by atoms with Crippen LogP contribution in [0.1, 0.15) is 52.2 Å². The second kappa shape index (κ2) is 6.65. The molecule has 1 aliphatic heterocycles. The highest BCUT2D eigenvalue weighted by molar-refractivity contribution is 6.74. The molecule has 0 aromatic heterocycles. The van der Waals surface area contributed by atoms with Gasteiger partial charge in [0, 0.05) is 13.0 Å². The Bertz CT molecular complexity index is 515. The maximum atomic E-state index is 9.50. The predicted molar refractivity (Wildman–Crippen MR) is 95.1 cm³/mol. The average molecular weight is 338 g/mol. The Morgan fingerprint density at radius 1 is 1.30 bits per heavy atom. The van der Waals surface area contributed by atoms with Crippen LogP contribution in [0.2, 0.25) is 18.1 Å². The number of hydroxylamine groups is 2. The zero-order valence-corrected chi connectivity index (χ0v) is 16.3. The van der Waals surface area contributed by atoms with Gasteiger partial charge in [-0.05, 0) is 37.0 Å². The summed E-state index contributed by atoms with van der Waals surface area (Å²) in [6.45, 7) is 13.3. The van der Waals surface area contributed by atoms with E-state index in [0.717, 1.165) is 12.0 Å². The smallest absolute Gasteiger partial charge is 0.223 e. The number of aliphatic hydroxyl groups excluding tert-OH is 1. The molecule has 1 aromatic rings. The maximum Gasteiger partial charge on any atom is 0.223 e. The molecule has 0 bridgehead atoms. The van der Waals surface area contributed by atoms with E-state index in [1.165, 1.54) is 0 Å². The first kappa shape index (κ1) is 18.6. The molecule has 5 heteroatoms. The first-order valence-electron chi connectivity index (χ1n) is 8.41. The van der Waals surface area contributed by atoms with E-state index in [1.54, 1.807) is 5.23 Å². The van der Waals surface area contributed by atoms with Gasteiger partial charge >= 0.3 is 0 Å². The molecule has 0 spiro atoms. The van der Waals surface area contributed by atoms with Gasteiger partial charge in [-0.15, -0.1) is 0 Å². The van der Waals surface area contributed by atoms with E-state index in [9.17, 15) is 5.11 Å². The normalized spacial score (nSPS) is 26.7. The van der Waals surface area contributed by atoms with Crippen molar-refractivity contribution in [3.63, 3.8) is 0 Å². The molecule has 0 amide bonds. The van der Waals surface area contributed by atoms with E-state index in [2.05, 4.69) is 52.9 Å². The molecular weight excluding hydrogens is 306 g/mol. The molecule has 1 fully saturated rings. The standard InChI is InChI=1S/C18H31NO3Si/c1-17(2,3)23(5,6)22-19-18(4,12-13-20)14-16(21-19)15-10-8-7-9-11-15/h7-11,16,20H,12-14H2,1-6H3/t16-,18+/m0/s1. The van der Waals surface area contributed by atoms with Crippen molar-refractivity contribution in [3.05, 3.63) is 35.9 Å². The number of hydrogen-bond acceptors (Lipinski definition) is 4. The summed E-state index contributed by atoms with van der Waals surface area (Å²) in [4.78, 5) is 6.18. The van der Waals surface area contributed by atoms with Crippen LogP contribution in [0.15, 0.2) is 30.3 Å². The highest BCUT2D eigenvalue weighted by Crippen LogP contribution is 2.45. The monoisotopic (exact) mass is 337 g/mol. The SMILES string of the molecule is CC(C)(C)[Si](C)(C)ON1O[C@H](c2ccccc2)C[C@@]1(C)CCO. The quantitative estimate of drug-likeness (QED) is 0.806. The number of rotatable bonds is 5. The summed E-state index contributed by atoms with van der Waals surface area (Å²) in [6.07, 6.45) is 1.41. The lowest BCUT2D eigenvalue weighted by atomic mass is 9.90. The van der Waals surface area contributed by atoms with Crippen molar-refractivity contribution in [3.8, 4) is 0 Å². The molecule has 4 nitrogen and oxygen atoms in total. The van der Waals surface area contributed by atoms with Crippen molar-refractivity contribution < 1.29 is 14.5 Å². The van der Waals surface area contributed by atoms with Crippen LogP contribution in [0.25, 0.3) is 0 Å². The molecule has 0 aliphatic carbocycles. The van der Waals surface area contributed by atoms with Gasteiger partial charge in [0.1, 0.15) is 6.10 Å². The lowest BCUT2D eigenvalue weighted by molar-refractivity contribution is -0.350. The van der Waals surface area contributed by atoms with E-state index >= 15 is 0 Å². The molecule has 1 aliphatic rings.